The van der Waals surface area contributed by atoms with Crippen LogP contribution in [-0.2, 0) is 33.3 Å². The molecule has 0 amide bonds. The second-order valence-corrected chi connectivity index (χ2v) is 8.50. The van der Waals surface area contributed by atoms with E-state index in [4.69, 9.17) is 18.9 Å². The molecular weight excluding hydrogens is 404 g/mol. The van der Waals surface area contributed by atoms with Crippen LogP contribution in [0, 0.1) is 5.92 Å². The molecule has 8 nitrogen and oxygen atoms in total. The van der Waals surface area contributed by atoms with E-state index in [1.807, 2.05) is 0 Å². The van der Waals surface area contributed by atoms with E-state index in [9.17, 15) is 19.5 Å². The Morgan fingerprint density at radius 3 is 1.90 bits per heavy atom. The van der Waals surface area contributed by atoms with E-state index in [0.717, 1.165) is 38.5 Å². The second-order valence-electron chi connectivity index (χ2n) is 8.50. The first kappa shape index (κ1) is 21.8. The highest BCUT2D eigenvalue weighted by Crippen LogP contribution is 2.38. The maximum atomic E-state index is 12.4. The molecule has 4 aliphatic rings. The third-order valence-corrected chi connectivity index (χ3v) is 6.21. The maximum Gasteiger partial charge on any atom is 0.348 e. The van der Waals surface area contributed by atoms with Crippen LogP contribution < -0.4 is 5.11 Å². The van der Waals surface area contributed by atoms with Crippen LogP contribution in [0.15, 0.2) is 36.0 Å². The summed E-state index contributed by atoms with van der Waals surface area (Å²) in [7, 11) is 0. The number of hydrogen-bond acceptors (Lipinski definition) is 8. The molecule has 2 aliphatic carbocycles. The zero-order chi connectivity index (χ0) is 21.9. The molecule has 0 bridgehead atoms. The zero-order valence-electron chi connectivity index (χ0n) is 17.4. The van der Waals surface area contributed by atoms with Crippen LogP contribution in [0.4, 0.5) is 0 Å². The molecule has 2 saturated heterocycles. The molecule has 8 heteroatoms. The summed E-state index contributed by atoms with van der Waals surface area (Å²) in [6.45, 7) is 0. The fraction of sp³-hybridized carbons (Fsp3) is 0.609. The predicted molar refractivity (Wildman–Crippen MR) is 105 cm³/mol. The Kier molecular flexibility index (Phi) is 6.29. The standard InChI is InChI=1S/C23H27O8/c24-18-16(19(25)29-22(28-18)12-6-2-7-13-22)10-4-1-5-11-17-20(26)30-23(31-21(17)27)14-8-3-9-15-23/h1,4-5,10-11,16,18H,2-3,6-9,12-15H2/q-1/b5-1+,10-4+. The molecule has 2 unspecified atom stereocenters. The van der Waals surface area contributed by atoms with Gasteiger partial charge in [-0.05, 0) is 31.8 Å². The molecule has 2 heterocycles. The minimum Gasteiger partial charge on any atom is -0.830 e. The average Bonchev–Trinajstić information content (AvgIpc) is 2.72. The third-order valence-electron chi connectivity index (χ3n) is 6.21. The van der Waals surface area contributed by atoms with Crippen molar-refractivity contribution in [3.05, 3.63) is 36.0 Å². The van der Waals surface area contributed by atoms with Crippen molar-refractivity contribution in [1.82, 2.24) is 0 Å². The summed E-state index contributed by atoms with van der Waals surface area (Å²) in [5.74, 6) is -5.23. The SMILES string of the molecule is O=C1OC2(CCCCC2)OC(=O)C1=C/C=C/C=C/C1C(=O)OC2(CCCCC2)OC1[O-]. The second kappa shape index (κ2) is 8.96. The Labute approximate surface area is 180 Å². The van der Waals surface area contributed by atoms with Crippen molar-refractivity contribution in [2.24, 2.45) is 5.92 Å². The molecule has 2 aliphatic heterocycles. The van der Waals surface area contributed by atoms with Gasteiger partial charge in [0.05, 0.1) is 5.92 Å². The van der Waals surface area contributed by atoms with Crippen LogP contribution >= 0.6 is 0 Å². The summed E-state index contributed by atoms with van der Waals surface area (Å²) in [5, 5.41) is 12.4. The van der Waals surface area contributed by atoms with E-state index in [2.05, 4.69) is 0 Å². The van der Waals surface area contributed by atoms with E-state index in [1.165, 1.54) is 30.4 Å². The van der Waals surface area contributed by atoms with Crippen molar-refractivity contribution in [2.45, 2.75) is 82.1 Å². The summed E-state index contributed by atoms with van der Waals surface area (Å²) in [6, 6.07) is 0. The van der Waals surface area contributed by atoms with Gasteiger partial charge in [-0.25, -0.2) is 9.59 Å². The lowest BCUT2D eigenvalue weighted by Gasteiger charge is -2.47. The largest absolute Gasteiger partial charge is 0.830 e. The van der Waals surface area contributed by atoms with E-state index < -0.39 is 41.7 Å². The lowest BCUT2D eigenvalue weighted by atomic mass is 9.92. The van der Waals surface area contributed by atoms with Crippen LogP contribution in [-0.4, -0.2) is 35.8 Å². The molecule has 0 radical (unpaired) electrons. The van der Waals surface area contributed by atoms with Crippen LogP contribution in [0.1, 0.15) is 64.2 Å². The van der Waals surface area contributed by atoms with E-state index in [0.29, 0.717) is 25.7 Å². The fourth-order valence-corrected chi connectivity index (χ4v) is 4.53. The van der Waals surface area contributed by atoms with Gasteiger partial charge in [0, 0.05) is 32.0 Å². The smallest absolute Gasteiger partial charge is 0.348 e. The number of esters is 3. The molecule has 0 aromatic rings. The number of ether oxygens (including phenoxy) is 4. The van der Waals surface area contributed by atoms with E-state index >= 15 is 0 Å². The Bertz CT molecular complexity index is 789. The maximum absolute atomic E-state index is 12.4. The molecule has 168 valence electrons. The molecule has 0 aromatic heterocycles. The van der Waals surface area contributed by atoms with Crippen molar-refractivity contribution >= 4 is 17.9 Å². The summed E-state index contributed by atoms with van der Waals surface area (Å²) in [5.41, 5.74) is -0.192. The van der Waals surface area contributed by atoms with Crippen molar-refractivity contribution < 1.29 is 38.4 Å². The van der Waals surface area contributed by atoms with Crippen molar-refractivity contribution in [3.8, 4) is 0 Å². The lowest BCUT2D eigenvalue weighted by molar-refractivity contribution is -0.537. The monoisotopic (exact) mass is 431 g/mol. The predicted octanol–water partition coefficient (Wildman–Crippen LogP) is 2.32. The quantitative estimate of drug-likeness (QED) is 0.290. The van der Waals surface area contributed by atoms with Gasteiger partial charge in [-0.1, -0.05) is 37.1 Å². The van der Waals surface area contributed by atoms with Gasteiger partial charge in [-0.3, -0.25) is 4.79 Å². The molecule has 2 spiro atoms. The van der Waals surface area contributed by atoms with Crippen LogP contribution in [0.5, 0.6) is 0 Å². The van der Waals surface area contributed by atoms with Gasteiger partial charge in [0.1, 0.15) is 5.57 Å². The minimum absolute atomic E-state index is 0.192. The first-order chi connectivity index (χ1) is 14.9. The van der Waals surface area contributed by atoms with Gasteiger partial charge in [0.15, 0.2) is 0 Å². The summed E-state index contributed by atoms with van der Waals surface area (Å²) >= 11 is 0. The van der Waals surface area contributed by atoms with Crippen LogP contribution in [0.2, 0.25) is 0 Å². The van der Waals surface area contributed by atoms with Gasteiger partial charge in [-0.2, -0.15) is 0 Å². The molecule has 2 atom stereocenters. The van der Waals surface area contributed by atoms with Crippen molar-refractivity contribution in [1.29, 1.82) is 0 Å². The number of rotatable bonds is 3. The lowest BCUT2D eigenvalue weighted by Crippen LogP contribution is -2.56. The number of carbonyl (C=O) groups excluding carboxylic acids is 3. The van der Waals surface area contributed by atoms with Crippen molar-refractivity contribution in [3.63, 3.8) is 0 Å². The average molecular weight is 431 g/mol. The molecule has 4 rings (SSSR count). The molecule has 4 fully saturated rings. The van der Waals surface area contributed by atoms with E-state index in [-0.39, 0.29) is 5.57 Å². The fourth-order valence-electron chi connectivity index (χ4n) is 4.53. The zero-order valence-corrected chi connectivity index (χ0v) is 17.4. The highest BCUT2D eigenvalue weighted by molar-refractivity contribution is 6.15. The van der Waals surface area contributed by atoms with Crippen LogP contribution in [0.3, 0.4) is 0 Å². The summed E-state index contributed by atoms with van der Waals surface area (Å²) in [6.07, 6.45) is 13.2. The molecular formula is C23H27O8-. The Morgan fingerprint density at radius 1 is 0.742 bits per heavy atom. The van der Waals surface area contributed by atoms with Gasteiger partial charge in [0.25, 0.3) is 5.79 Å². The normalized spacial score (nSPS) is 30.5. The molecule has 0 N–H and O–H groups in total. The van der Waals surface area contributed by atoms with Crippen LogP contribution in [0.25, 0.3) is 0 Å². The topological polar surface area (TPSA) is 111 Å². The Morgan fingerprint density at radius 2 is 1.32 bits per heavy atom. The first-order valence-electron chi connectivity index (χ1n) is 11.0. The highest BCUT2D eigenvalue weighted by Gasteiger charge is 2.46. The molecule has 0 aromatic carbocycles. The first-order valence-corrected chi connectivity index (χ1v) is 11.0. The van der Waals surface area contributed by atoms with Gasteiger partial charge >= 0.3 is 17.9 Å². The van der Waals surface area contributed by atoms with Gasteiger partial charge < -0.3 is 24.1 Å². The summed E-state index contributed by atoms with van der Waals surface area (Å²) < 4.78 is 21.8. The van der Waals surface area contributed by atoms with Gasteiger partial charge in [0.2, 0.25) is 5.79 Å². The number of allylic oxidation sites excluding steroid dienone is 4. The van der Waals surface area contributed by atoms with Crippen molar-refractivity contribution in [2.75, 3.05) is 0 Å². The summed E-state index contributed by atoms with van der Waals surface area (Å²) in [4.78, 5) is 36.8. The molecule has 2 saturated carbocycles. The Balaban J connectivity index is 1.34. The minimum atomic E-state index is -1.53. The Hall–Kier alpha value is -2.45. The van der Waals surface area contributed by atoms with E-state index in [1.54, 1.807) is 0 Å². The number of hydrogen-bond donors (Lipinski definition) is 0. The van der Waals surface area contributed by atoms with Gasteiger partial charge in [-0.15, -0.1) is 0 Å². The highest BCUT2D eigenvalue weighted by atomic mass is 16.8. The third kappa shape index (κ3) is 4.75. The number of carbonyl (C=O) groups is 3. The molecule has 31 heavy (non-hydrogen) atoms.